The Morgan fingerprint density at radius 2 is 0.950 bits per heavy atom. The van der Waals surface area contributed by atoms with Gasteiger partial charge >= 0.3 is 0 Å². The first-order chi connectivity index (χ1) is 29.4. The predicted octanol–water partition coefficient (Wildman–Crippen LogP) is 15.6. The number of rotatable bonds is 6. The summed E-state index contributed by atoms with van der Waals surface area (Å²) >= 11 is 0. The van der Waals surface area contributed by atoms with Crippen LogP contribution < -0.4 is 4.90 Å². The van der Waals surface area contributed by atoms with Crippen LogP contribution in [0.3, 0.4) is 0 Å². The minimum Gasteiger partial charge on any atom is -0.310 e. The summed E-state index contributed by atoms with van der Waals surface area (Å²) in [6.45, 7) is 11.1. The molecule has 0 fully saturated rings. The van der Waals surface area contributed by atoms with Crippen LogP contribution in [0.5, 0.6) is 0 Å². The lowest BCUT2D eigenvalue weighted by Gasteiger charge is -2.31. The molecule has 8 aromatic rings. The summed E-state index contributed by atoms with van der Waals surface area (Å²) < 4.78 is 0. The van der Waals surface area contributed by atoms with E-state index in [2.05, 4.69) is 232 Å². The Labute approximate surface area is 354 Å². The van der Waals surface area contributed by atoms with E-state index in [1.165, 1.54) is 89.0 Å². The summed E-state index contributed by atoms with van der Waals surface area (Å²) in [7, 11) is 0. The van der Waals surface area contributed by atoms with Gasteiger partial charge in [-0.15, -0.1) is 0 Å². The average Bonchev–Trinajstić information content (AvgIpc) is 3.85. The summed E-state index contributed by atoms with van der Waals surface area (Å²) in [6.07, 6.45) is 6.47. The molecule has 3 aliphatic rings. The second kappa shape index (κ2) is 13.7. The molecule has 0 bridgehead atoms. The van der Waals surface area contributed by atoms with Gasteiger partial charge in [0.05, 0.1) is 5.41 Å². The molecule has 8 aromatic carbocycles. The van der Waals surface area contributed by atoms with Crippen LogP contribution in [0, 0.1) is 0 Å². The van der Waals surface area contributed by atoms with Crippen LogP contribution in [0.4, 0.5) is 17.1 Å². The van der Waals surface area contributed by atoms with E-state index in [0.717, 1.165) is 17.1 Å². The molecule has 1 heteroatoms. The van der Waals surface area contributed by atoms with Gasteiger partial charge in [-0.2, -0.15) is 0 Å². The van der Waals surface area contributed by atoms with Crippen molar-refractivity contribution in [3.8, 4) is 44.5 Å². The fourth-order valence-corrected chi connectivity index (χ4v) is 10.8. The summed E-state index contributed by atoms with van der Waals surface area (Å²) in [4.78, 5) is 2.41. The molecule has 1 atom stereocenters. The van der Waals surface area contributed by atoms with E-state index < -0.39 is 5.41 Å². The van der Waals surface area contributed by atoms with Crippen molar-refractivity contribution >= 4 is 22.6 Å². The second-order valence-corrected chi connectivity index (χ2v) is 16.8. The van der Waals surface area contributed by atoms with E-state index in [9.17, 15) is 0 Å². The molecule has 1 unspecified atom stereocenters. The van der Waals surface area contributed by atoms with Crippen molar-refractivity contribution in [2.24, 2.45) is 0 Å². The Kier molecular flexibility index (Phi) is 8.19. The molecule has 0 radical (unpaired) electrons. The van der Waals surface area contributed by atoms with E-state index in [1.807, 2.05) is 6.08 Å². The average molecular weight is 768 g/mol. The van der Waals surface area contributed by atoms with Gasteiger partial charge in [0.1, 0.15) is 0 Å². The lowest BCUT2D eigenvalue weighted by molar-refractivity contribution is 0.660. The smallest absolute Gasteiger partial charge is 0.0725 e. The van der Waals surface area contributed by atoms with Crippen molar-refractivity contribution in [1.29, 1.82) is 0 Å². The largest absolute Gasteiger partial charge is 0.310 e. The zero-order chi connectivity index (χ0) is 40.6. The molecule has 0 aromatic heterocycles. The number of allylic oxidation sites excluding steroid dienone is 5. The zero-order valence-corrected chi connectivity index (χ0v) is 34.3. The Balaban J connectivity index is 1.06. The second-order valence-electron chi connectivity index (χ2n) is 16.8. The first kappa shape index (κ1) is 35.9. The minimum atomic E-state index is -0.432. The molecule has 0 heterocycles. The van der Waals surface area contributed by atoms with E-state index in [1.54, 1.807) is 0 Å². The third-order valence-corrected chi connectivity index (χ3v) is 13.5. The highest BCUT2D eigenvalue weighted by Crippen LogP contribution is 2.65. The van der Waals surface area contributed by atoms with Crippen LogP contribution in [0.25, 0.3) is 50.1 Å². The van der Waals surface area contributed by atoms with Crippen molar-refractivity contribution in [2.75, 3.05) is 4.90 Å². The number of nitrogens with zero attached hydrogens (tertiary/aromatic N) is 1. The number of anilines is 3. The van der Waals surface area contributed by atoms with E-state index in [4.69, 9.17) is 0 Å². The van der Waals surface area contributed by atoms with E-state index >= 15 is 0 Å². The van der Waals surface area contributed by atoms with Crippen LogP contribution in [-0.4, -0.2) is 0 Å². The van der Waals surface area contributed by atoms with Crippen molar-refractivity contribution in [2.45, 2.75) is 31.6 Å². The summed E-state index contributed by atoms with van der Waals surface area (Å²) in [6, 6.07) is 69.7. The highest BCUT2D eigenvalue weighted by molar-refractivity contribution is 6.03. The highest BCUT2D eigenvalue weighted by atomic mass is 15.1. The molecule has 0 N–H and O–H groups in total. The number of hydrogen-bond donors (Lipinski definition) is 0. The van der Waals surface area contributed by atoms with Gasteiger partial charge < -0.3 is 4.90 Å². The maximum Gasteiger partial charge on any atom is 0.0725 e. The van der Waals surface area contributed by atoms with Gasteiger partial charge in [0, 0.05) is 22.5 Å². The first-order valence-electron chi connectivity index (χ1n) is 21.1. The molecule has 0 saturated heterocycles. The maximum atomic E-state index is 4.20. The molecule has 1 spiro atoms. The summed E-state index contributed by atoms with van der Waals surface area (Å²) in [5.74, 6) is 0. The Bertz CT molecular complexity index is 3070. The normalized spacial score (nSPS) is 17.6. The van der Waals surface area contributed by atoms with Gasteiger partial charge in [0.2, 0.25) is 0 Å². The van der Waals surface area contributed by atoms with Gasteiger partial charge in [0.25, 0.3) is 0 Å². The molecular weight excluding hydrogens is 723 g/mol. The lowest BCUT2D eigenvalue weighted by atomic mass is 9.70. The van der Waals surface area contributed by atoms with Gasteiger partial charge in [-0.1, -0.05) is 190 Å². The number of fused-ring (bicyclic) bond motifs is 10. The fourth-order valence-electron chi connectivity index (χ4n) is 10.8. The Morgan fingerprint density at radius 3 is 1.63 bits per heavy atom. The monoisotopic (exact) mass is 767 g/mol. The number of benzene rings is 8. The lowest BCUT2D eigenvalue weighted by Crippen LogP contribution is -2.26. The molecule has 1 nitrogen and oxygen atoms in total. The molecule has 60 heavy (non-hydrogen) atoms. The topological polar surface area (TPSA) is 3.24 Å². The van der Waals surface area contributed by atoms with Crippen LogP contribution in [0.15, 0.2) is 218 Å². The van der Waals surface area contributed by atoms with Gasteiger partial charge in [0.15, 0.2) is 0 Å². The van der Waals surface area contributed by atoms with Crippen molar-refractivity contribution in [1.82, 2.24) is 0 Å². The van der Waals surface area contributed by atoms with E-state index in [-0.39, 0.29) is 5.41 Å². The Hall–Kier alpha value is -7.22. The summed E-state index contributed by atoms with van der Waals surface area (Å²) in [5.41, 5.74) is 23.5. The fraction of sp³-hybridized carbons (Fsp3) is 0.0847. The minimum absolute atomic E-state index is 0.107. The molecule has 3 aliphatic carbocycles. The molecule has 0 aliphatic heterocycles. The van der Waals surface area contributed by atoms with Gasteiger partial charge in [-0.05, 0) is 132 Å². The predicted molar refractivity (Wildman–Crippen MR) is 253 cm³/mol. The molecule has 0 amide bonds. The third kappa shape index (κ3) is 5.05. The standard InChI is InChI=1S/C59H45N/c1-5-17-52-45(6-2)47-20-11-14-25-53(47)59(52)54-26-15-12-22-50(54)57-46(23-16-27-55(57)59)41-30-34-43(35-31-41)60(42-32-28-40(29-33-42)39-18-8-7-9-19-39)44-36-37-49-48-21-10-13-24-51(48)58(3,4)56(49)38-44/h5-38H,1H2,2-4H3/b45-6-,52-17+. The van der Waals surface area contributed by atoms with Crippen molar-refractivity contribution < 1.29 is 0 Å². The Morgan fingerprint density at radius 1 is 0.433 bits per heavy atom. The molecule has 286 valence electrons. The SMILES string of the molecule is C=C/C=C1\C(=C/C)c2ccccc2C12c1ccccc1-c1c(-c3ccc(N(c4ccc(-c5ccccc5)cc4)c4ccc5c(c4)C(C)(C)c4ccccc4-5)cc3)cccc12. The maximum absolute atomic E-state index is 4.20. The van der Waals surface area contributed by atoms with Crippen LogP contribution >= 0.6 is 0 Å². The highest BCUT2D eigenvalue weighted by Gasteiger charge is 2.53. The number of hydrogen-bond acceptors (Lipinski definition) is 1. The van der Waals surface area contributed by atoms with Crippen LogP contribution in [-0.2, 0) is 10.8 Å². The first-order valence-corrected chi connectivity index (χ1v) is 21.1. The summed E-state index contributed by atoms with van der Waals surface area (Å²) in [5, 5.41) is 0. The molecule has 0 saturated carbocycles. The molecule has 11 rings (SSSR count). The molecular formula is C59H45N. The van der Waals surface area contributed by atoms with Crippen LogP contribution in [0.2, 0.25) is 0 Å². The van der Waals surface area contributed by atoms with Crippen LogP contribution in [0.1, 0.15) is 54.2 Å². The third-order valence-electron chi connectivity index (χ3n) is 13.5. The van der Waals surface area contributed by atoms with Crippen molar-refractivity contribution in [3.63, 3.8) is 0 Å². The quantitative estimate of drug-likeness (QED) is 0.163. The van der Waals surface area contributed by atoms with E-state index in [0.29, 0.717) is 0 Å². The van der Waals surface area contributed by atoms with Crippen molar-refractivity contribution in [3.05, 3.63) is 252 Å². The van der Waals surface area contributed by atoms with Gasteiger partial charge in [-0.25, -0.2) is 0 Å². The van der Waals surface area contributed by atoms with Gasteiger partial charge in [-0.3, -0.25) is 0 Å². The zero-order valence-electron chi connectivity index (χ0n) is 34.3.